The highest BCUT2D eigenvalue weighted by Gasteiger charge is 2.66. The molecule has 2 aromatic carbocycles. The van der Waals surface area contributed by atoms with Crippen molar-refractivity contribution in [3.63, 3.8) is 0 Å². The first-order chi connectivity index (χ1) is 12.3. The summed E-state index contributed by atoms with van der Waals surface area (Å²) in [5.74, 6) is 0. The Hall–Kier alpha value is -1.86. The summed E-state index contributed by atoms with van der Waals surface area (Å²) in [5, 5.41) is 2.61. The van der Waals surface area contributed by atoms with Crippen LogP contribution in [0.1, 0.15) is 0 Å². The summed E-state index contributed by atoms with van der Waals surface area (Å²) in [6.45, 7) is 3.79. The summed E-state index contributed by atoms with van der Waals surface area (Å²) in [6, 6.07) is 17.3. The number of quaternary nitrogens is 1. The van der Waals surface area contributed by atoms with Gasteiger partial charge < -0.3 is 22.9 Å². The molecule has 0 spiro atoms. The SMILES string of the molecule is c1ccc2c(c1)c1ccccc1n2C[C@H]1C[N+]23CCO[B-]2(OCC3)O1. The molecule has 25 heavy (non-hydrogen) atoms. The maximum Gasteiger partial charge on any atom is 0.625 e. The highest BCUT2D eigenvalue weighted by atomic mass is 16.8. The van der Waals surface area contributed by atoms with Crippen molar-refractivity contribution in [2.24, 2.45) is 0 Å². The minimum atomic E-state index is -1.58. The Bertz CT molecular complexity index is 902. The Kier molecular flexibility index (Phi) is 2.78. The summed E-state index contributed by atoms with van der Waals surface area (Å²) < 4.78 is 21.7. The van der Waals surface area contributed by atoms with Crippen LogP contribution in [-0.4, -0.2) is 54.8 Å². The van der Waals surface area contributed by atoms with E-state index < -0.39 is 6.89 Å². The molecule has 0 radical (unpaired) electrons. The molecule has 4 heterocycles. The highest BCUT2D eigenvalue weighted by Crippen LogP contribution is 2.42. The van der Waals surface area contributed by atoms with Crippen molar-refractivity contribution in [3.05, 3.63) is 48.5 Å². The summed E-state index contributed by atoms with van der Waals surface area (Å²) in [4.78, 5) is 0. The monoisotopic (exact) mass is 336 g/mol. The number of hydrogen-bond donors (Lipinski definition) is 0. The van der Waals surface area contributed by atoms with E-state index in [1.54, 1.807) is 0 Å². The van der Waals surface area contributed by atoms with Crippen molar-refractivity contribution in [1.82, 2.24) is 4.57 Å². The largest absolute Gasteiger partial charge is 0.625 e. The second kappa shape index (κ2) is 4.86. The average molecular weight is 336 g/mol. The zero-order chi connectivity index (χ0) is 16.5. The van der Waals surface area contributed by atoms with E-state index in [2.05, 4.69) is 53.1 Å². The third-order valence-electron chi connectivity index (χ3n) is 6.40. The normalized spacial score (nSPS) is 34.0. The first-order valence-electron chi connectivity index (χ1n) is 9.21. The van der Waals surface area contributed by atoms with Crippen molar-refractivity contribution in [3.8, 4) is 0 Å². The molecule has 1 atom stereocenters. The number of fused-ring (bicyclic) bond motifs is 3. The summed E-state index contributed by atoms with van der Waals surface area (Å²) in [7, 11) is 0. The molecule has 0 N–H and O–H groups in total. The number of benzene rings is 2. The predicted octanol–water partition coefficient (Wildman–Crippen LogP) is 2.51. The molecule has 6 rings (SSSR count). The van der Waals surface area contributed by atoms with E-state index in [0.29, 0.717) is 0 Å². The average Bonchev–Trinajstić information content (AvgIpc) is 3.29. The number of aromatic nitrogens is 1. The zero-order valence-corrected chi connectivity index (χ0v) is 14.1. The minimum absolute atomic E-state index is 0.125. The van der Waals surface area contributed by atoms with Crippen LogP contribution in [0, 0.1) is 0 Å². The van der Waals surface area contributed by atoms with E-state index in [1.807, 2.05) is 0 Å². The maximum atomic E-state index is 6.43. The molecule has 0 aliphatic carbocycles. The Morgan fingerprint density at radius 3 is 2.12 bits per heavy atom. The number of para-hydroxylation sites is 2. The highest BCUT2D eigenvalue weighted by molar-refractivity contribution is 6.54. The van der Waals surface area contributed by atoms with Gasteiger partial charge in [0.2, 0.25) is 0 Å². The first-order valence-corrected chi connectivity index (χ1v) is 9.21. The van der Waals surface area contributed by atoms with Gasteiger partial charge in [-0.25, -0.2) is 0 Å². The van der Waals surface area contributed by atoms with Crippen LogP contribution < -0.4 is 0 Å². The maximum absolute atomic E-state index is 6.43. The lowest BCUT2D eigenvalue weighted by atomic mass is 9.94. The van der Waals surface area contributed by atoms with Gasteiger partial charge in [0.1, 0.15) is 0 Å². The molecule has 0 unspecified atom stereocenters. The summed E-state index contributed by atoms with van der Waals surface area (Å²) >= 11 is 0. The fourth-order valence-corrected chi connectivity index (χ4v) is 5.27. The molecule has 128 valence electrons. The topological polar surface area (TPSA) is 32.6 Å². The van der Waals surface area contributed by atoms with Crippen LogP contribution >= 0.6 is 0 Å². The molecule has 5 nitrogen and oxygen atoms in total. The van der Waals surface area contributed by atoms with Crippen molar-refractivity contribution in [2.45, 2.75) is 12.6 Å². The number of nitrogens with zero attached hydrogens (tertiary/aromatic N) is 2. The van der Waals surface area contributed by atoms with E-state index in [1.165, 1.54) is 21.8 Å². The van der Waals surface area contributed by atoms with Gasteiger partial charge in [0.05, 0.1) is 45.5 Å². The van der Waals surface area contributed by atoms with Crippen LogP contribution in [0.15, 0.2) is 48.5 Å². The quantitative estimate of drug-likeness (QED) is 0.674. The molecule has 3 aliphatic heterocycles. The zero-order valence-electron chi connectivity index (χ0n) is 14.1. The molecule has 1 aromatic heterocycles. The van der Waals surface area contributed by atoms with Crippen LogP contribution in [0.5, 0.6) is 0 Å². The van der Waals surface area contributed by atoms with Crippen LogP contribution in [0.4, 0.5) is 0 Å². The lowest BCUT2D eigenvalue weighted by molar-refractivity contribution is -0.816. The molecule has 0 bridgehead atoms. The Balaban J connectivity index is 1.43. The molecule has 3 aliphatic rings. The van der Waals surface area contributed by atoms with E-state index in [9.17, 15) is 0 Å². The van der Waals surface area contributed by atoms with Crippen LogP contribution in [0.3, 0.4) is 0 Å². The van der Waals surface area contributed by atoms with Crippen molar-refractivity contribution in [1.29, 1.82) is 0 Å². The van der Waals surface area contributed by atoms with Gasteiger partial charge >= 0.3 is 6.89 Å². The third-order valence-corrected chi connectivity index (χ3v) is 6.40. The molecule has 0 saturated carbocycles. The van der Waals surface area contributed by atoms with Gasteiger partial charge in [-0.05, 0) is 12.1 Å². The van der Waals surface area contributed by atoms with Crippen molar-refractivity contribution < 1.29 is 18.4 Å². The molecule has 0 amide bonds. The molecule has 3 saturated heterocycles. The van der Waals surface area contributed by atoms with E-state index in [0.717, 1.165) is 43.8 Å². The van der Waals surface area contributed by atoms with Crippen LogP contribution in [-0.2, 0) is 20.5 Å². The van der Waals surface area contributed by atoms with Crippen molar-refractivity contribution in [2.75, 3.05) is 32.8 Å². The second-order valence-electron chi connectivity index (χ2n) is 7.60. The van der Waals surface area contributed by atoms with E-state index in [-0.39, 0.29) is 6.10 Å². The first kappa shape index (κ1) is 14.3. The van der Waals surface area contributed by atoms with Gasteiger partial charge in [0.25, 0.3) is 0 Å². The van der Waals surface area contributed by atoms with Crippen molar-refractivity contribution >= 4 is 28.7 Å². The Labute approximate surface area is 146 Å². The fraction of sp³-hybridized carbons (Fsp3) is 0.368. The predicted molar refractivity (Wildman–Crippen MR) is 96.8 cm³/mol. The fourth-order valence-electron chi connectivity index (χ4n) is 5.27. The van der Waals surface area contributed by atoms with Gasteiger partial charge in [0, 0.05) is 21.8 Å². The molecule has 6 heteroatoms. The lowest BCUT2D eigenvalue weighted by Crippen LogP contribution is -2.59. The standard InChI is InChI=1S/C19H21BN2O3/c1-3-7-18-16(5-1)17-6-2-4-8-19(17)21(18)13-15-14-22-9-11-23-20(22,25-15)24-12-10-22/h1-8,15H,9-14H2/t15-,20?,22?/m0/s1. The van der Waals surface area contributed by atoms with Crippen LogP contribution in [0.2, 0.25) is 0 Å². The van der Waals surface area contributed by atoms with Gasteiger partial charge in [0.15, 0.2) is 0 Å². The second-order valence-corrected chi connectivity index (χ2v) is 7.60. The lowest BCUT2D eigenvalue weighted by Gasteiger charge is -2.37. The van der Waals surface area contributed by atoms with Gasteiger partial charge in [-0.1, -0.05) is 36.4 Å². The summed E-state index contributed by atoms with van der Waals surface area (Å²) in [5.41, 5.74) is 2.54. The number of rotatable bonds is 2. The van der Waals surface area contributed by atoms with E-state index >= 15 is 0 Å². The third kappa shape index (κ3) is 1.78. The van der Waals surface area contributed by atoms with Gasteiger partial charge in [-0.15, -0.1) is 0 Å². The molecule has 3 fully saturated rings. The Morgan fingerprint density at radius 1 is 0.920 bits per heavy atom. The van der Waals surface area contributed by atoms with Gasteiger partial charge in [-0.3, -0.25) is 0 Å². The number of hydrogen-bond acceptors (Lipinski definition) is 3. The van der Waals surface area contributed by atoms with Gasteiger partial charge in [-0.2, -0.15) is 0 Å². The minimum Gasteiger partial charge on any atom is -0.481 e. The molecular formula is C19H21BN2O3. The van der Waals surface area contributed by atoms with E-state index in [4.69, 9.17) is 14.0 Å². The molecule has 3 aromatic rings. The molecular weight excluding hydrogens is 315 g/mol. The summed E-state index contributed by atoms with van der Waals surface area (Å²) in [6.07, 6.45) is 0.125. The van der Waals surface area contributed by atoms with Crippen LogP contribution in [0.25, 0.3) is 21.8 Å². The Morgan fingerprint density at radius 2 is 1.52 bits per heavy atom. The smallest absolute Gasteiger partial charge is 0.481 e.